The van der Waals surface area contributed by atoms with Gasteiger partial charge in [-0.3, -0.25) is 4.79 Å². The summed E-state index contributed by atoms with van der Waals surface area (Å²) in [4.78, 5) is 11.9. The Labute approximate surface area is 110 Å². The molecule has 6 heteroatoms. The third kappa shape index (κ3) is 2.87. The van der Waals surface area contributed by atoms with Crippen molar-refractivity contribution < 1.29 is 4.79 Å². The first-order chi connectivity index (χ1) is 8.56. The topological polar surface area (TPSA) is 59.8 Å². The van der Waals surface area contributed by atoms with E-state index < -0.39 is 0 Å². The highest BCUT2D eigenvalue weighted by molar-refractivity contribution is 6.30. The van der Waals surface area contributed by atoms with Gasteiger partial charge < -0.3 is 5.32 Å². The lowest BCUT2D eigenvalue weighted by Gasteiger charge is -2.06. The van der Waals surface area contributed by atoms with Crippen LogP contribution in [-0.2, 0) is 18.3 Å². The summed E-state index contributed by atoms with van der Waals surface area (Å²) in [7, 11) is 1.73. The highest BCUT2D eigenvalue weighted by Gasteiger charge is 2.10. The second kappa shape index (κ2) is 5.18. The Hall–Kier alpha value is -1.88. The number of rotatable bonds is 3. The van der Waals surface area contributed by atoms with E-state index in [0.29, 0.717) is 16.5 Å². The van der Waals surface area contributed by atoms with Crippen LogP contribution in [0.4, 0.5) is 5.82 Å². The van der Waals surface area contributed by atoms with Crippen LogP contribution < -0.4 is 5.32 Å². The van der Waals surface area contributed by atoms with Crippen molar-refractivity contribution in [3.63, 3.8) is 0 Å². The molecule has 0 saturated carbocycles. The predicted molar refractivity (Wildman–Crippen MR) is 69.5 cm³/mol. The molecule has 1 aromatic heterocycles. The van der Waals surface area contributed by atoms with E-state index in [1.165, 1.54) is 4.68 Å². The lowest BCUT2D eigenvalue weighted by atomic mass is 10.1. The second-order valence-corrected chi connectivity index (χ2v) is 4.44. The number of benzene rings is 1. The van der Waals surface area contributed by atoms with Crippen molar-refractivity contribution in [2.75, 3.05) is 5.32 Å². The van der Waals surface area contributed by atoms with Gasteiger partial charge in [0.25, 0.3) is 0 Å². The summed E-state index contributed by atoms with van der Waals surface area (Å²) in [5.74, 6) is 0.493. The molecule has 1 amide bonds. The predicted octanol–water partition coefficient (Wildman–Crippen LogP) is 1.96. The molecule has 1 heterocycles. The van der Waals surface area contributed by atoms with Gasteiger partial charge in [-0.25, -0.2) is 4.68 Å². The fourth-order valence-electron chi connectivity index (χ4n) is 1.64. The van der Waals surface area contributed by atoms with Crippen LogP contribution in [0, 0.1) is 6.92 Å². The van der Waals surface area contributed by atoms with E-state index in [4.69, 9.17) is 11.6 Å². The zero-order chi connectivity index (χ0) is 13.1. The molecule has 0 aliphatic heterocycles. The Kier molecular flexibility index (Phi) is 3.62. The number of carbonyl (C=O) groups excluding carboxylic acids is 1. The molecule has 2 rings (SSSR count). The Morgan fingerprint density at radius 3 is 2.89 bits per heavy atom. The van der Waals surface area contributed by atoms with Crippen molar-refractivity contribution in [1.29, 1.82) is 0 Å². The first kappa shape index (κ1) is 12.6. The Morgan fingerprint density at radius 1 is 1.50 bits per heavy atom. The molecule has 18 heavy (non-hydrogen) atoms. The maximum absolute atomic E-state index is 11.9. The Morgan fingerprint density at radius 2 is 2.28 bits per heavy atom. The van der Waals surface area contributed by atoms with Crippen LogP contribution in [0.5, 0.6) is 0 Å². The highest BCUT2D eigenvalue weighted by Crippen LogP contribution is 2.13. The second-order valence-electron chi connectivity index (χ2n) is 4.00. The van der Waals surface area contributed by atoms with E-state index in [2.05, 4.69) is 15.6 Å². The molecule has 0 unspecified atom stereocenters. The maximum Gasteiger partial charge on any atom is 0.229 e. The monoisotopic (exact) mass is 264 g/mol. The third-order valence-electron chi connectivity index (χ3n) is 2.51. The van der Waals surface area contributed by atoms with E-state index in [1.807, 2.05) is 12.1 Å². The van der Waals surface area contributed by atoms with Gasteiger partial charge >= 0.3 is 0 Å². The van der Waals surface area contributed by atoms with Crippen molar-refractivity contribution in [3.05, 3.63) is 40.5 Å². The number of aryl methyl sites for hydroxylation is 2. The van der Waals surface area contributed by atoms with Gasteiger partial charge in [-0.05, 0) is 24.6 Å². The number of amides is 1. The number of hydrogen-bond donors (Lipinski definition) is 1. The van der Waals surface area contributed by atoms with Crippen LogP contribution in [0.3, 0.4) is 0 Å². The summed E-state index contributed by atoms with van der Waals surface area (Å²) >= 11 is 5.87. The molecule has 0 radical (unpaired) electrons. The lowest BCUT2D eigenvalue weighted by molar-refractivity contribution is -0.115. The van der Waals surface area contributed by atoms with Gasteiger partial charge in [-0.2, -0.15) is 0 Å². The van der Waals surface area contributed by atoms with Crippen LogP contribution in [-0.4, -0.2) is 20.9 Å². The minimum absolute atomic E-state index is 0.120. The molecule has 0 atom stereocenters. The minimum atomic E-state index is -0.120. The fourth-order valence-corrected chi connectivity index (χ4v) is 1.85. The number of nitrogens with zero attached hydrogens (tertiary/aromatic N) is 3. The van der Waals surface area contributed by atoms with E-state index in [1.54, 1.807) is 26.1 Å². The van der Waals surface area contributed by atoms with Crippen LogP contribution >= 0.6 is 11.6 Å². The molecule has 0 spiro atoms. The highest BCUT2D eigenvalue weighted by atomic mass is 35.5. The van der Waals surface area contributed by atoms with E-state index >= 15 is 0 Å². The first-order valence-electron chi connectivity index (χ1n) is 5.47. The van der Waals surface area contributed by atoms with Gasteiger partial charge in [0.05, 0.1) is 6.42 Å². The van der Waals surface area contributed by atoms with Crippen molar-refractivity contribution in [3.8, 4) is 0 Å². The standard InChI is InChI=1S/C12H13ClN4O/c1-8-12(17(2)16-15-8)14-11(18)7-9-4-3-5-10(13)6-9/h3-6H,7H2,1-2H3,(H,14,18). The van der Waals surface area contributed by atoms with Crippen molar-refractivity contribution in [1.82, 2.24) is 15.0 Å². The van der Waals surface area contributed by atoms with Crippen molar-refractivity contribution in [2.24, 2.45) is 7.05 Å². The van der Waals surface area contributed by atoms with Gasteiger partial charge in [0.15, 0.2) is 5.82 Å². The molecule has 1 aromatic carbocycles. The first-order valence-corrected chi connectivity index (χ1v) is 5.84. The molecular formula is C12H13ClN4O. The molecule has 1 N–H and O–H groups in total. The Balaban J connectivity index is 2.06. The van der Waals surface area contributed by atoms with Gasteiger partial charge in [0.2, 0.25) is 5.91 Å². The number of carbonyl (C=O) groups is 1. The number of nitrogens with one attached hydrogen (secondary N) is 1. The SMILES string of the molecule is Cc1nnn(C)c1NC(=O)Cc1cccc(Cl)c1. The van der Waals surface area contributed by atoms with Gasteiger partial charge in [-0.15, -0.1) is 5.10 Å². The van der Waals surface area contributed by atoms with Crippen molar-refractivity contribution >= 4 is 23.3 Å². The largest absolute Gasteiger partial charge is 0.309 e. The van der Waals surface area contributed by atoms with Crippen LogP contribution in [0.15, 0.2) is 24.3 Å². The zero-order valence-electron chi connectivity index (χ0n) is 10.1. The number of aromatic nitrogens is 3. The molecule has 94 valence electrons. The summed E-state index contributed by atoms with van der Waals surface area (Å²) in [6.45, 7) is 1.79. The summed E-state index contributed by atoms with van der Waals surface area (Å²) in [6.07, 6.45) is 0.269. The molecule has 5 nitrogen and oxygen atoms in total. The van der Waals surface area contributed by atoms with Crippen molar-refractivity contribution in [2.45, 2.75) is 13.3 Å². The maximum atomic E-state index is 11.9. The smallest absolute Gasteiger partial charge is 0.229 e. The number of halogens is 1. The summed E-state index contributed by atoms with van der Waals surface area (Å²) in [6, 6.07) is 7.23. The molecule has 0 bridgehead atoms. The average molecular weight is 265 g/mol. The molecule has 0 aliphatic rings. The van der Waals surface area contributed by atoms with E-state index in [0.717, 1.165) is 5.56 Å². The zero-order valence-corrected chi connectivity index (χ0v) is 10.9. The van der Waals surface area contributed by atoms with Gasteiger partial charge in [0, 0.05) is 12.1 Å². The quantitative estimate of drug-likeness (QED) is 0.922. The summed E-state index contributed by atoms with van der Waals surface area (Å²) in [5, 5.41) is 11.1. The van der Waals surface area contributed by atoms with Crippen LogP contribution in [0.25, 0.3) is 0 Å². The molecular weight excluding hydrogens is 252 g/mol. The van der Waals surface area contributed by atoms with Crippen LogP contribution in [0.1, 0.15) is 11.3 Å². The summed E-state index contributed by atoms with van der Waals surface area (Å²) in [5.41, 5.74) is 1.56. The molecule has 0 aliphatic carbocycles. The Bertz CT molecular complexity index is 560. The summed E-state index contributed by atoms with van der Waals surface area (Å²) < 4.78 is 1.53. The third-order valence-corrected chi connectivity index (χ3v) is 2.74. The molecule has 0 fully saturated rings. The van der Waals surface area contributed by atoms with Gasteiger partial charge in [0.1, 0.15) is 5.69 Å². The minimum Gasteiger partial charge on any atom is -0.309 e. The average Bonchev–Trinajstić information content (AvgIpc) is 2.61. The fraction of sp³-hybridized carbons (Fsp3) is 0.250. The van der Waals surface area contributed by atoms with Gasteiger partial charge in [-0.1, -0.05) is 28.9 Å². The number of hydrogen-bond acceptors (Lipinski definition) is 3. The van der Waals surface area contributed by atoms with E-state index in [9.17, 15) is 4.79 Å². The molecule has 0 saturated heterocycles. The lowest BCUT2D eigenvalue weighted by Crippen LogP contribution is -2.17. The van der Waals surface area contributed by atoms with E-state index in [-0.39, 0.29) is 12.3 Å². The number of anilines is 1. The normalized spacial score (nSPS) is 10.4. The molecule has 2 aromatic rings. The van der Waals surface area contributed by atoms with Crippen LogP contribution in [0.2, 0.25) is 5.02 Å².